The van der Waals surface area contributed by atoms with E-state index < -0.39 is 5.63 Å². The summed E-state index contributed by atoms with van der Waals surface area (Å²) in [5, 5.41) is 19.4. The van der Waals surface area contributed by atoms with Crippen LogP contribution in [0.5, 0.6) is 11.5 Å². The van der Waals surface area contributed by atoms with E-state index in [4.69, 9.17) is 14.3 Å². The van der Waals surface area contributed by atoms with E-state index in [0.717, 1.165) is 0 Å². The normalized spacial score (nSPS) is 12.5. The van der Waals surface area contributed by atoms with Crippen LogP contribution in [0.2, 0.25) is 0 Å². The molecular weight excluding hydrogens is 248 g/mol. The van der Waals surface area contributed by atoms with E-state index in [9.17, 15) is 9.90 Å². The van der Waals surface area contributed by atoms with E-state index in [-0.39, 0.29) is 29.6 Å². The van der Waals surface area contributed by atoms with Gasteiger partial charge in [0.1, 0.15) is 0 Å². The maximum Gasteiger partial charge on any atom is 0.336 e. The number of aliphatic hydroxyl groups excluding tert-OH is 1. The Morgan fingerprint density at radius 1 is 1.32 bits per heavy atom. The van der Waals surface area contributed by atoms with E-state index in [0.29, 0.717) is 18.4 Å². The Morgan fingerprint density at radius 3 is 2.79 bits per heavy atom. The van der Waals surface area contributed by atoms with Gasteiger partial charge in [-0.25, -0.2) is 4.79 Å². The molecule has 102 valence electrons. The molecule has 1 atom stereocenters. The van der Waals surface area contributed by atoms with Crippen molar-refractivity contribution in [3.05, 3.63) is 34.7 Å². The van der Waals surface area contributed by atoms with Crippen LogP contribution >= 0.6 is 0 Å². The summed E-state index contributed by atoms with van der Waals surface area (Å²) in [4.78, 5) is 11.2. The van der Waals surface area contributed by atoms with Crippen LogP contribution in [0, 0.1) is 5.92 Å². The number of rotatable bonds is 5. The molecule has 1 heterocycles. The van der Waals surface area contributed by atoms with Crippen molar-refractivity contribution in [3.8, 4) is 11.5 Å². The maximum atomic E-state index is 11.2. The van der Waals surface area contributed by atoms with Crippen LogP contribution in [0.3, 0.4) is 0 Å². The number of ether oxygens (including phenoxy) is 1. The fourth-order valence-corrected chi connectivity index (χ4v) is 1.75. The molecule has 0 aliphatic rings. The number of hydrogen-bond acceptors (Lipinski definition) is 5. The van der Waals surface area contributed by atoms with Gasteiger partial charge in [0.05, 0.1) is 6.61 Å². The van der Waals surface area contributed by atoms with E-state index in [2.05, 4.69) is 0 Å². The van der Waals surface area contributed by atoms with Gasteiger partial charge in [0.2, 0.25) is 5.75 Å². The quantitative estimate of drug-likeness (QED) is 0.806. The van der Waals surface area contributed by atoms with Gasteiger partial charge in [0, 0.05) is 18.1 Å². The SMILES string of the molecule is CC(CCO)COc1ccc2ccc(=O)oc2c1O. The second-order valence-corrected chi connectivity index (χ2v) is 4.51. The lowest BCUT2D eigenvalue weighted by Crippen LogP contribution is -2.10. The van der Waals surface area contributed by atoms with Crippen molar-refractivity contribution < 1.29 is 19.4 Å². The van der Waals surface area contributed by atoms with Crippen molar-refractivity contribution in [2.24, 2.45) is 5.92 Å². The standard InChI is InChI=1S/C14H16O5/c1-9(6-7-15)8-18-11-4-2-10-3-5-12(16)19-14(10)13(11)17/h2-5,9,15,17H,6-8H2,1H3. The zero-order chi connectivity index (χ0) is 13.8. The molecule has 0 saturated heterocycles. The van der Waals surface area contributed by atoms with E-state index in [1.54, 1.807) is 18.2 Å². The Balaban J connectivity index is 2.24. The lowest BCUT2D eigenvalue weighted by molar-refractivity contribution is 0.204. The molecule has 0 spiro atoms. The van der Waals surface area contributed by atoms with Crippen LogP contribution in [0.15, 0.2) is 33.5 Å². The van der Waals surface area contributed by atoms with Gasteiger partial charge in [-0.1, -0.05) is 6.92 Å². The Morgan fingerprint density at radius 2 is 2.05 bits per heavy atom. The fraction of sp³-hybridized carbons (Fsp3) is 0.357. The molecule has 5 heteroatoms. The minimum absolute atomic E-state index is 0.100. The summed E-state index contributed by atoms with van der Waals surface area (Å²) in [5.74, 6) is 0.265. The predicted octanol–water partition coefficient (Wildman–Crippen LogP) is 1.90. The van der Waals surface area contributed by atoms with Crippen LogP contribution in [-0.4, -0.2) is 23.4 Å². The van der Waals surface area contributed by atoms with Gasteiger partial charge in [0.15, 0.2) is 11.3 Å². The molecule has 1 aromatic heterocycles. The average Bonchev–Trinajstić information content (AvgIpc) is 2.39. The third-order valence-corrected chi connectivity index (χ3v) is 2.87. The first-order valence-electron chi connectivity index (χ1n) is 6.11. The Hall–Kier alpha value is -2.01. The molecule has 1 aromatic carbocycles. The molecule has 0 radical (unpaired) electrons. The molecule has 0 saturated carbocycles. The topological polar surface area (TPSA) is 79.9 Å². The fourth-order valence-electron chi connectivity index (χ4n) is 1.75. The predicted molar refractivity (Wildman–Crippen MR) is 70.5 cm³/mol. The van der Waals surface area contributed by atoms with Gasteiger partial charge >= 0.3 is 5.63 Å². The molecule has 0 fully saturated rings. The Bertz CT molecular complexity index is 617. The summed E-state index contributed by atoms with van der Waals surface area (Å²) in [6.07, 6.45) is 0.628. The first-order valence-corrected chi connectivity index (χ1v) is 6.11. The molecule has 2 rings (SSSR count). The first kappa shape index (κ1) is 13.4. The number of aliphatic hydroxyl groups is 1. The minimum Gasteiger partial charge on any atom is -0.502 e. The Kier molecular flexibility index (Phi) is 4.06. The van der Waals surface area contributed by atoms with Crippen LogP contribution in [0.4, 0.5) is 0 Å². The molecule has 1 unspecified atom stereocenters. The highest BCUT2D eigenvalue weighted by molar-refractivity contribution is 5.84. The largest absolute Gasteiger partial charge is 0.502 e. The van der Waals surface area contributed by atoms with Gasteiger partial charge in [-0.2, -0.15) is 0 Å². The molecule has 0 bridgehead atoms. The molecule has 0 aliphatic heterocycles. The molecule has 19 heavy (non-hydrogen) atoms. The molecule has 2 aromatic rings. The number of fused-ring (bicyclic) bond motifs is 1. The number of phenols is 1. The van der Waals surface area contributed by atoms with Gasteiger partial charge in [-0.3, -0.25) is 0 Å². The number of hydrogen-bond donors (Lipinski definition) is 2. The molecule has 5 nitrogen and oxygen atoms in total. The van der Waals surface area contributed by atoms with Crippen molar-refractivity contribution in [2.45, 2.75) is 13.3 Å². The van der Waals surface area contributed by atoms with Gasteiger partial charge in [-0.15, -0.1) is 0 Å². The van der Waals surface area contributed by atoms with E-state index >= 15 is 0 Å². The van der Waals surface area contributed by atoms with Crippen molar-refractivity contribution in [3.63, 3.8) is 0 Å². The summed E-state index contributed by atoms with van der Waals surface area (Å²) < 4.78 is 10.4. The number of aromatic hydroxyl groups is 1. The van der Waals surface area contributed by atoms with E-state index in [1.165, 1.54) is 6.07 Å². The summed E-state index contributed by atoms with van der Waals surface area (Å²) in [6.45, 7) is 2.41. The monoisotopic (exact) mass is 264 g/mol. The highest BCUT2D eigenvalue weighted by Gasteiger charge is 2.11. The molecule has 0 aliphatic carbocycles. The van der Waals surface area contributed by atoms with Crippen LogP contribution < -0.4 is 10.4 Å². The maximum absolute atomic E-state index is 11.2. The van der Waals surface area contributed by atoms with Gasteiger partial charge in [0.25, 0.3) is 0 Å². The van der Waals surface area contributed by atoms with Crippen molar-refractivity contribution in [1.82, 2.24) is 0 Å². The van der Waals surface area contributed by atoms with Crippen molar-refractivity contribution in [2.75, 3.05) is 13.2 Å². The van der Waals surface area contributed by atoms with Gasteiger partial charge < -0.3 is 19.4 Å². The molecule has 2 N–H and O–H groups in total. The second-order valence-electron chi connectivity index (χ2n) is 4.51. The third kappa shape index (κ3) is 3.06. The Labute approximate surface area is 110 Å². The number of benzene rings is 1. The number of phenolic OH excluding ortho intramolecular Hbond substituents is 1. The molecule has 0 amide bonds. The minimum atomic E-state index is -0.520. The highest BCUT2D eigenvalue weighted by Crippen LogP contribution is 2.33. The van der Waals surface area contributed by atoms with Crippen LogP contribution in [0.1, 0.15) is 13.3 Å². The highest BCUT2D eigenvalue weighted by atomic mass is 16.5. The smallest absolute Gasteiger partial charge is 0.336 e. The zero-order valence-electron chi connectivity index (χ0n) is 10.6. The lowest BCUT2D eigenvalue weighted by Gasteiger charge is -2.13. The van der Waals surface area contributed by atoms with Gasteiger partial charge in [-0.05, 0) is 30.5 Å². The van der Waals surface area contributed by atoms with Crippen LogP contribution in [-0.2, 0) is 0 Å². The summed E-state index contributed by atoms with van der Waals surface area (Å²) in [5.41, 5.74) is -0.395. The zero-order valence-corrected chi connectivity index (χ0v) is 10.6. The lowest BCUT2D eigenvalue weighted by atomic mass is 10.1. The van der Waals surface area contributed by atoms with Crippen LogP contribution in [0.25, 0.3) is 11.0 Å². The summed E-state index contributed by atoms with van der Waals surface area (Å²) in [6, 6.07) is 6.22. The molecular formula is C14H16O5. The van der Waals surface area contributed by atoms with Crippen molar-refractivity contribution in [1.29, 1.82) is 0 Å². The summed E-state index contributed by atoms with van der Waals surface area (Å²) in [7, 11) is 0. The summed E-state index contributed by atoms with van der Waals surface area (Å²) >= 11 is 0. The van der Waals surface area contributed by atoms with E-state index in [1.807, 2.05) is 6.92 Å². The third-order valence-electron chi connectivity index (χ3n) is 2.87. The first-order chi connectivity index (χ1) is 9.11. The second kappa shape index (κ2) is 5.75. The average molecular weight is 264 g/mol. The van der Waals surface area contributed by atoms with Crippen molar-refractivity contribution >= 4 is 11.0 Å².